The Balaban J connectivity index is 1.52. The molecule has 0 amide bonds. The molecule has 1 N–H and O–H groups in total. The molecule has 0 aliphatic rings. The van der Waals surface area contributed by atoms with Crippen molar-refractivity contribution in [1.82, 2.24) is 20.0 Å². The largest absolute Gasteiger partial charge is 0.435 e. The predicted octanol–water partition coefficient (Wildman–Crippen LogP) is 4.37. The van der Waals surface area contributed by atoms with Gasteiger partial charge in [0.05, 0.1) is 0 Å². The van der Waals surface area contributed by atoms with E-state index in [0.717, 1.165) is 11.6 Å². The summed E-state index contributed by atoms with van der Waals surface area (Å²) in [5.41, 5.74) is 0.353. The van der Waals surface area contributed by atoms with Gasteiger partial charge in [-0.15, -0.1) is 10.2 Å². The van der Waals surface area contributed by atoms with E-state index in [1.54, 1.807) is 19.1 Å². The molecule has 26 heavy (non-hydrogen) atoms. The molecule has 0 saturated carbocycles. The molecule has 0 unspecified atom stereocenters. The number of hydrogen-bond donors (Lipinski definition) is 1. The minimum Gasteiger partial charge on any atom is -0.360 e. The van der Waals surface area contributed by atoms with E-state index < -0.39 is 11.9 Å². The van der Waals surface area contributed by atoms with Gasteiger partial charge in [0, 0.05) is 24.3 Å². The Bertz CT molecular complexity index is 870. The Hall–Kier alpha value is -2.49. The third kappa shape index (κ3) is 4.37. The van der Waals surface area contributed by atoms with Crippen molar-refractivity contribution in [2.45, 2.75) is 26.1 Å². The summed E-state index contributed by atoms with van der Waals surface area (Å²) in [4.78, 5) is 0. The summed E-state index contributed by atoms with van der Waals surface area (Å²) in [6.07, 6.45) is -3.86. The molecule has 0 aliphatic heterocycles. The first-order valence-electron chi connectivity index (χ1n) is 7.78. The lowest BCUT2D eigenvalue weighted by molar-refractivity contribution is -0.141. The maximum atomic E-state index is 12.9. The van der Waals surface area contributed by atoms with Crippen LogP contribution in [0.25, 0.3) is 10.6 Å². The maximum absolute atomic E-state index is 12.9. The van der Waals surface area contributed by atoms with E-state index in [9.17, 15) is 17.6 Å². The van der Waals surface area contributed by atoms with Crippen LogP contribution in [0.5, 0.6) is 0 Å². The average molecular weight is 385 g/mol. The lowest BCUT2D eigenvalue weighted by Gasteiger charge is -2.05. The molecule has 3 rings (SSSR count). The fourth-order valence-electron chi connectivity index (χ4n) is 2.30. The molecule has 138 valence electrons. The normalized spacial score (nSPS) is 11.7. The number of alkyl halides is 3. The van der Waals surface area contributed by atoms with Crippen molar-refractivity contribution < 1.29 is 17.6 Å². The summed E-state index contributed by atoms with van der Waals surface area (Å²) in [6.45, 7) is 2.46. The quantitative estimate of drug-likeness (QED) is 0.506. The second-order valence-electron chi connectivity index (χ2n) is 5.59. The molecule has 3 aromatic rings. The summed E-state index contributed by atoms with van der Waals surface area (Å²) in [7, 11) is 0. The standard InChI is InChI=1S/C16H15F4N5S/c1-10-9-13(16(18,19)20)24-25(10)8-2-7-21-15-23-22-14(26-15)11-3-5-12(17)6-4-11/h3-6,9H,2,7-8H2,1H3,(H,21,23). The number of hydrogen-bond acceptors (Lipinski definition) is 5. The molecule has 2 aromatic heterocycles. The summed E-state index contributed by atoms with van der Waals surface area (Å²) in [5.74, 6) is -0.320. The number of nitrogens with one attached hydrogen (secondary N) is 1. The highest BCUT2D eigenvalue weighted by atomic mass is 32.1. The topological polar surface area (TPSA) is 55.6 Å². The molecule has 0 radical (unpaired) electrons. The summed E-state index contributed by atoms with van der Waals surface area (Å²) >= 11 is 1.32. The first-order valence-corrected chi connectivity index (χ1v) is 8.59. The van der Waals surface area contributed by atoms with Gasteiger partial charge in [0.2, 0.25) is 5.13 Å². The zero-order chi connectivity index (χ0) is 18.7. The molecule has 2 heterocycles. The highest BCUT2D eigenvalue weighted by molar-refractivity contribution is 7.18. The van der Waals surface area contributed by atoms with Crippen LogP contribution in [0.2, 0.25) is 0 Å². The third-order valence-corrected chi connectivity index (χ3v) is 4.54. The summed E-state index contributed by atoms with van der Waals surface area (Å²) < 4.78 is 52.2. The van der Waals surface area contributed by atoms with Crippen molar-refractivity contribution in [3.63, 3.8) is 0 Å². The van der Waals surface area contributed by atoms with Crippen LogP contribution in [0.3, 0.4) is 0 Å². The van der Waals surface area contributed by atoms with Gasteiger partial charge in [0.25, 0.3) is 0 Å². The molecule has 0 spiro atoms. The molecular formula is C16H15F4N5S. The fourth-order valence-corrected chi connectivity index (χ4v) is 3.08. The van der Waals surface area contributed by atoms with Crippen LogP contribution >= 0.6 is 11.3 Å². The van der Waals surface area contributed by atoms with E-state index in [2.05, 4.69) is 20.6 Å². The SMILES string of the molecule is Cc1cc(C(F)(F)F)nn1CCCNc1nnc(-c2ccc(F)cc2)s1. The van der Waals surface area contributed by atoms with Crippen LogP contribution in [0, 0.1) is 12.7 Å². The number of halogens is 4. The zero-order valence-corrected chi connectivity index (χ0v) is 14.5. The van der Waals surface area contributed by atoms with E-state index in [-0.39, 0.29) is 5.82 Å². The van der Waals surface area contributed by atoms with Crippen molar-refractivity contribution in [3.05, 3.63) is 47.5 Å². The molecule has 5 nitrogen and oxygen atoms in total. The number of anilines is 1. The van der Waals surface area contributed by atoms with Gasteiger partial charge < -0.3 is 5.32 Å². The lowest BCUT2D eigenvalue weighted by atomic mass is 10.2. The number of nitrogens with zero attached hydrogens (tertiary/aromatic N) is 4. The van der Waals surface area contributed by atoms with Crippen molar-refractivity contribution in [2.75, 3.05) is 11.9 Å². The van der Waals surface area contributed by atoms with Gasteiger partial charge >= 0.3 is 6.18 Å². The highest BCUT2D eigenvalue weighted by Crippen LogP contribution is 2.28. The van der Waals surface area contributed by atoms with Gasteiger partial charge in [-0.05, 0) is 43.7 Å². The molecule has 0 aliphatic carbocycles. The molecule has 1 aromatic carbocycles. The van der Waals surface area contributed by atoms with E-state index in [4.69, 9.17) is 0 Å². The highest BCUT2D eigenvalue weighted by Gasteiger charge is 2.34. The second kappa shape index (κ2) is 7.40. The van der Waals surface area contributed by atoms with Crippen molar-refractivity contribution in [2.24, 2.45) is 0 Å². The Morgan fingerprint density at radius 2 is 1.88 bits per heavy atom. The van der Waals surface area contributed by atoms with Gasteiger partial charge in [0.15, 0.2) is 5.69 Å². The van der Waals surface area contributed by atoms with E-state index >= 15 is 0 Å². The smallest absolute Gasteiger partial charge is 0.360 e. The Morgan fingerprint density at radius 3 is 2.54 bits per heavy atom. The minimum atomic E-state index is -4.43. The van der Waals surface area contributed by atoms with E-state index in [1.807, 2.05) is 0 Å². The number of benzene rings is 1. The van der Waals surface area contributed by atoms with E-state index in [0.29, 0.717) is 35.3 Å². The fraction of sp³-hybridized carbons (Fsp3) is 0.312. The molecule has 0 atom stereocenters. The monoisotopic (exact) mass is 385 g/mol. The minimum absolute atomic E-state index is 0.320. The predicted molar refractivity (Wildman–Crippen MR) is 90.4 cm³/mol. The van der Waals surface area contributed by atoms with Crippen LogP contribution in [0.1, 0.15) is 17.8 Å². The summed E-state index contributed by atoms with van der Waals surface area (Å²) in [6, 6.07) is 6.99. The average Bonchev–Trinajstić information content (AvgIpc) is 3.19. The maximum Gasteiger partial charge on any atom is 0.435 e. The first-order chi connectivity index (χ1) is 12.3. The van der Waals surface area contributed by atoms with Gasteiger partial charge in [0.1, 0.15) is 10.8 Å². The number of rotatable bonds is 6. The molecule has 10 heteroatoms. The second-order valence-corrected chi connectivity index (χ2v) is 6.57. The van der Waals surface area contributed by atoms with Crippen LogP contribution in [-0.2, 0) is 12.7 Å². The Kier molecular flexibility index (Phi) is 5.21. The van der Waals surface area contributed by atoms with Gasteiger partial charge in [-0.1, -0.05) is 11.3 Å². The van der Waals surface area contributed by atoms with Crippen LogP contribution in [0.4, 0.5) is 22.7 Å². The van der Waals surface area contributed by atoms with Crippen molar-refractivity contribution in [3.8, 4) is 10.6 Å². The Morgan fingerprint density at radius 1 is 1.15 bits per heavy atom. The van der Waals surface area contributed by atoms with Crippen LogP contribution in [0.15, 0.2) is 30.3 Å². The first kappa shape index (κ1) is 18.3. The molecule has 0 saturated heterocycles. The van der Waals surface area contributed by atoms with Gasteiger partial charge in [-0.2, -0.15) is 18.3 Å². The molecular weight excluding hydrogens is 370 g/mol. The molecule has 0 bridgehead atoms. The van der Waals surface area contributed by atoms with Crippen molar-refractivity contribution >= 4 is 16.5 Å². The number of aryl methyl sites for hydroxylation is 2. The van der Waals surface area contributed by atoms with E-state index in [1.165, 1.54) is 28.2 Å². The van der Waals surface area contributed by atoms with Crippen LogP contribution < -0.4 is 5.32 Å². The van der Waals surface area contributed by atoms with Crippen LogP contribution in [-0.4, -0.2) is 26.5 Å². The lowest BCUT2D eigenvalue weighted by Crippen LogP contribution is -2.11. The Labute approximate surface area is 150 Å². The summed E-state index contributed by atoms with van der Waals surface area (Å²) in [5, 5.41) is 16.0. The zero-order valence-electron chi connectivity index (χ0n) is 13.7. The molecule has 0 fully saturated rings. The number of aromatic nitrogens is 4. The van der Waals surface area contributed by atoms with Crippen molar-refractivity contribution in [1.29, 1.82) is 0 Å². The van der Waals surface area contributed by atoms with Gasteiger partial charge in [-0.3, -0.25) is 4.68 Å². The third-order valence-electron chi connectivity index (χ3n) is 3.61. The van der Waals surface area contributed by atoms with Gasteiger partial charge in [-0.25, -0.2) is 4.39 Å².